The molecule has 2 rings (SSSR count). The average molecular weight is 250 g/mol. The van der Waals surface area contributed by atoms with Crippen LogP contribution in [0.5, 0.6) is 5.88 Å². The fraction of sp³-hybridized carbons (Fsp3) is 0.692. The molecule has 2 heterocycles. The van der Waals surface area contributed by atoms with Crippen LogP contribution in [0, 0.1) is 0 Å². The second-order valence-electron chi connectivity index (χ2n) is 5.61. The molecule has 1 N–H and O–H groups in total. The number of anilines is 1. The topological polar surface area (TPSA) is 50.3 Å². The molecular weight excluding hydrogens is 228 g/mol. The minimum Gasteiger partial charge on any atom is -0.475 e. The van der Waals surface area contributed by atoms with Gasteiger partial charge in [-0.3, -0.25) is 0 Å². The van der Waals surface area contributed by atoms with Crippen molar-refractivity contribution in [3.05, 3.63) is 12.4 Å². The number of nitrogens with zero attached hydrogens (tertiary/aromatic N) is 3. The lowest BCUT2D eigenvalue weighted by Crippen LogP contribution is -2.57. The Morgan fingerprint density at radius 2 is 2.17 bits per heavy atom. The van der Waals surface area contributed by atoms with Crippen molar-refractivity contribution in [2.75, 3.05) is 24.5 Å². The monoisotopic (exact) mass is 250 g/mol. The number of ether oxygens (including phenoxy) is 1. The van der Waals surface area contributed by atoms with Crippen molar-refractivity contribution >= 4 is 5.82 Å². The maximum atomic E-state index is 5.60. The van der Waals surface area contributed by atoms with Crippen LogP contribution in [0.25, 0.3) is 0 Å². The van der Waals surface area contributed by atoms with E-state index in [1.54, 1.807) is 6.33 Å². The molecule has 0 aromatic carbocycles. The predicted molar refractivity (Wildman–Crippen MR) is 72.1 cm³/mol. The summed E-state index contributed by atoms with van der Waals surface area (Å²) in [5.74, 6) is 1.58. The fourth-order valence-corrected chi connectivity index (χ4v) is 2.15. The van der Waals surface area contributed by atoms with Crippen LogP contribution < -0.4 is 15.0 Å². The van der Waals surface area contributed by atoms with Crippen molar-refractivity contribution < 1.29 is 4.74 Å². The van der Waals surface area contributed by atoms with Gasteiger partial charge in [0.1, 0.15) is 12.1 Å². The number of piperazine rings is 1. The summed E-state index contributed by atoms with van der Waals surface area (Å²) in [6.07, 6.45) is 1.70. The SMILES string of the molecule is CC(C)Oc1cc(N2CCNC(C)(C)C2)ncn1. The Morgan fingerprint density at radius 1 is 1.39 bits per heavy atom. The van der Waals surface area contributed by atoms with E-state index in [2.05, 4.69) is 34.0 Å². The van der Waals surface area contributed by atoms with Gasteiger partial charge >= 0.3 is 0 Å². The van der Waals surface area contributed by atoms with E-state index in [0.29, 0.717) is 5.88 Å². The van der Waals surface area contributed by atoms with Crippen LogP contribution in [0.1, 0.15) is 27.7 Å². The van der Waals surface area contributed by atoms with Crippen molar-refractivity contribution in [3.8, 4) is 5.88 Å². The molecule has 5 heteroatoms. The second-order valence-corrected chi connectivity index (χ2v) is 5.61. The first-order chi connectivity index (χ1) is 8.46. The van der Waals surface area contributed by atoms with Crippen molar-refractivity contribution in [2.24, 2.45) is 0 Å². The average Bonchev–Trinajstić information content (AvgIpc) is 2.27. The number of nitrogens with one attached hydrogen (secondary N) is 1. The van der Waals surface area contributed by atoms with Gasteiger partial charge in [0.2, 0.25) is 5.88 Å². The van der Waals surface area contributed by atoms with Crippen molar-refractivity contribution in [1.82, 2.24) is 15.3 Å². The summed E-state index contributed by atoms with van der Waals surface area (Å²) in [5.41, 5.74) is 0.113. The first-order valence-electron chi connectivity index (χ1n) is 6.45. The Hall–Kier alpha value is -1.36. The van der Waals surface area contributed by atoms with Crippen LogP contribution in [0.4, 0.5) is 5.82 Å². The molecule has 0 bridgehead atoms. The molecule has 1 aromatic heterocycles. The molecule has 0 unspecified atom stereocenters. The number of hydrogen-bond acceptors (Lipinski definition) is 5. The molecule has 0 amide bonds. The smallest absolute Gasteiger partial charge is 0.218 e. The summed E-state index contributed by atoms with van der Waals surface area (Å²) >= 11 is 0. The summed E-state index contributed by atoms with van der Waals surface area (Å²) in [5, 5.41) is 3.49. The van der Waals surface area contributed by atoms with Gasteiger partial charge in [0.15, 0.2) is 0 Å². The van der Waals surface area contributed by atoms with Gasteiger partial charge in [0.25, 0.3) is 0 Å². The minimum absolute atomic E-state index is 0.113. The van der Waals surface area contributed by atoms with Gasteiger partial charge in [-0.05, 0) is 27.7 Å². The van der Waals surface area contributed by atoms with Crippen LogP contribution in [-0.2, 0) is 0 Å². The molecule has 0 aliphatic carbocycles. The Morgan fingerprint density at radius 3 is 2.83 bits per heavy atom. The lowest BCUT2D eigenvalue weighted by atomic mass is 10.0. The largest absolute Gasteiger partial charge is 0.475 e. The summed E-state index contributed by atoms with van der Waals surface area (Å²) in [7, 11) is 0. The van der Waals surface area contributed by atoms with Gasteiger partial charge in [-0.1, -0.05) is 0 Å². The van der Waals surface area contributed by atoms with E-state index in [9.17, 15) is 0 Å². The number of rotatable bonds is 3. The van der Waals surface area contributed by atoms with E-state index in [1.807, 2.05) is 19.9 Å². The lowest BCUT2D eigenvalue weighted by molar-refractivity contribution is 0.232. The molecule has 1 saturated heterocycles. The van der Waals surface area contributed by atoms with Gasteiger partial charge in [-0.2, -0.15) is 0 Å². The van der Waals surface area contributed by atoms with Crippen LogP contribution in [-0.4, -0.2) is 41.2 Å². The first kappa shape index (κ1) is 13.1. The Labute approximate surface area is 109 Å². The van der Waals surface area contributed by atoms with E-state index in [1.165, 1.54) is 0 Å². The lowest BCUT2D eigenvalue weighted by Gasteiger charge is -2.39. The van der Waals surface area contributed by atoms with Gasteiger partial charge in [0.05, 0.1) is 6.10 Å². The van der Waals surface area contributed by atoms with E-state index in [4.69, 9.17) is 4.74 Å². The molecule has 1 aliphatic rings. The first-order valence-corrected chi connectivity index (χ1v) is 6.45. The molecule has 1 aliphatic heterocycles. The molecule has 0 saturated carbocycles. The molecule has 18 heavy (non-hydrogen) atoms. The predicted octanol–water partition coefficient (Wildman–Crippen LogP) is 1.45. The van der Waals surface area contributed by atoms with Gasteiger partial charge in [0, 0.05) is 31.2 Å². The molecule has 1 fully saturated rings. The second kappa shape index (κ2) is 5.10. The van der Waals surface area contributed by atoms with E-state index in [-0.39, 0.29) is 11.6 Å². The van der Waals surface area contributed by atoms with E-state index >= 15 is 0 Å². The van der Waals surface area contributed by atoms with Crippen molar-refractivity contribution in [1.29, 1.82) is 0 Å². The Kier molecular flexibility index (Phi) is 3.71. The zero-order valence-corrected chi connectivity index (χ0v) is 11.6. The normalized spacial score (nSPS) is 19.1. The third-order valence-electron chi connectivity index (χ3n) is 2.88. The van der Waals surface area contributed by atoms with E-state index in [0.717, 1.165) is 25.5 Å². The molecule has 1 aromatic rings. The van der Waals surface area contributed by atoms with Crippen LogP contribution in [0.15, 0.2) is 12.4 Å². The highest BCUT2D eigenvalue weighted by Gasteiger charge is 2.26. The standard InChI is InChI=1S/C13H22N4O/c1-10(2)18-12-7-11(14-9-15-12)17-6-5-16-13(3,4)8-17/h7,9-10,16H,5-6,8H2,1-4H3. The highest BCUT2D eigenvalue weighted by Crippen LogP contribution is 2.20. The molecule has 0 atom stereocenters. The highest BCUT2D eigenvalue weighted by atomic mass is 16.5. The Balaban J connectivity index is 2.12. The zero-order valence-electron chi connectivity index (χ0n) is 11.6. The van der Waals surface area contributed by atoms with Crippen molar-refractivity contribution in [2.45, 2.75) is 39.3 Å². The summed E-state index contributed by atoms with van der Waals surface area (Å²) < 4.78 is 5.60. The quantitative estimate of drug-likeness (QED) is 0.880. The molecule has 0 spiro atoms. The Bertz CT molecular complexity index is 406. The van der Waals surface area contributed by atoms with Gasteiger partial charge in [-0.15, -0.1) is 0 Å². The summed E-state index contributed by atoms with van der Waals surface area (Å²) in [6.45, 7) is 11.3. The van der Waals surface area contributed by atoms with Crippen molar-refractivity contribution in [3.63, 3.8) is 0 Å². The van der Waals surface area contributed by atoms with Gasteiger partial charge in [-0.25, -0.2) is 9.97 Å². The minimum atomic E-state index is 0.113. The maximum Gasteiger partial charge on any atom is 0.218 e. The fourth-order valence-electron chi connectivity index (χ4n) is 2.15. The van der Waals surface area contributed by atoms with Crippen LogP contribution >= 0.6 is 0 Å². The highest BCUT2D eigenvalue weighted by molar-refractivity contribution is 5.42. The third-order valence-corrected chi connectivity index (χ3v) is 2.88. The van der Waals surface area contributed by atoms with Crippen LogP contribution in [0.2, 0.25) is 0 Å². The summed E-state index contributed by atoms with van der Waals surface area (Å²) in [4.78, 5) is 10.7. The third kappa shape index (κ3) is 3.32. The zero-order chi connectivity index (χ0) is 13.2. The molecule has 0 radical (unpaired) electrons. The molecule has 5 nitrogen and oxygen atoms in total. The molecular formula is C13H22N4O. The van der Waals surface area contributed by atoms with E-state index < -0.39 is 0 Å². The number of hydrogen-bond donors (Lipinski definition) is 1. The summed E-state index contributed by atoms with van der Waals surface area (Å²) in [6, 6.07) is 1.92. The number of aromatic nitrogens is 2. The van der Waals surface area contributed by atoms with Crippen LogP contribution in [0.3, 0.4) is 0 Å². The van der Waals surface area contributed by atoms with Gasteiger partial charge < -0.3 is 15.0 Å². The molecule has 100 valence electrons. The maximum absolute atomic E-state index is 5.60.